The summed E-state index contributed by atoms with van der Waals surface area (Å²) in [6.45, 7) is 2.81. The minimum absolute atomic E-state index is 0.732. The zero-order chi connectivity index (χ0) is 9.60. The molecular weight excluding hydrogens is 190 g/mol. The van der Waals surface area contributed by atoms with E-state index in [2.05, 4.69) is 17.5 Å². The van der Waals surface area contributed by atoms with Crippen LogP contribution in [0.3, 0.4) is 0 Å². The van der Waals surface area contributed by atoms with Crippen molar-refractivity contribution >= 4 is 12.6 Å². The minimum Gasteiger partial charge on any atom is -0.300 e. The van der Waals surface area contributed by atoms with Crippen LogP contribution in [0.2, 0.25) is 0 Å². The third kappa shape index (κ3) is 1.61. The highest BCUT2D eigenvalue weighted by atomic mass is 32.1. The first-order chi connectivity index (χ1) is 6.81. The summed E-state index contributed by atoms with van der Waals surface area (Å²) < 4.78 is 0. The zero-order valence-electron chi connectivity index (χ0n) is 8.91. The number of rotatable bonds is 2. The summed E-state index contributed by atoms with van der Waals surface area (Å²) in [5, 5.41) is 0. The standard InChI is InChI=1S/C12H21NS/c14-8-10-3-4-12(7-10)5-6-13(9-12)11-1-2-11/h10-11,14H,1-9H2/t10-,12-/m0/s1. The lowest BCUT2D eigenvalue weighted by Crippen LogP contribution is -2.27. The number of hydrogen-bond donors (Lipinski definition) is 1. The Morgan fingerprint density at radius 3 is 2.71 bits per heavy atom. The smallest absolute Gasteiger partial charge is 0.00966 e. The van der Waals surface area contributed by atoms with Crippen molar-refractivity contribution in [2.24, 2.45) is 11.3 Å². The fourth-order valence-electron chi connectivity index (χ4n) is 3.57. The Hall–Kier alpha value is 0.310. The van der Waals surface area contributed by atoms with E-state index in [1.165, 1.54) is 51.6 Å². The quantitative estimate of drug-likeness (QED) is 0.687. The highest BCUT2D eigenvalue weighted by molar-refractivity contribution is 7.80. The second kappa shape index (κ2) is 3.41. The van der Waals surface area contributed by atoms with Gasteiger partial charge in [-0.3, -0.25) is 4.90 Å². The Morgan fingerprint density at radius 2 is 2.07 bits per heavy atom. The predicted molar refractivity (Wildman–Crippen MR) is 62.8 cm³/mol. The van der Waals surface area contributed by atoms with Crippen molar-refractivity contribution in [3.8, 4) is 0 Å². The van der Waals surface area contributed by atoms with Gasteiger partial charge in [-0.2, -0.15) is 12.6 Å². The van der Waals surface area contributed by atoms with Crippen LogP contribution in [0.25, 0.3) is 0 Å². The molecule has 1 saturated heterocycles. The van der Waals surface area contributed by atoms with Crippen molar-refractivity contribution in [1.29, 1.82) is 0 Å². The molecule has 0 amide bonds. The van der Waals surface area contributed by atoms with Gasteiger partial charge in [0.25, 0.3) is 0 Å². The van der Waals surface area contributed by atoms with E-state index in [-0.39, 0.29) is 0 Å². The van der Waals surface area contributed by atoms with Crippen LogP contribution in [0.4, 0.5) is 0 Å². The lowest BCUT2D eigenvalue weighted by Gasteiger charge is -2.24. The highest BCUT2D eigenvalue weighted by Gasteiger charge is 2.46. The van der Waals surface area contributed by atoms with Gasteiger partial charge in [-0.1, -0.05) is 0 Å². The number of hydrogen-bond acceptors (Lipinski definition) is 2. The SMILES string of the molecule is SC[C@H]1CC[C@]2(CCN(C3CC3)C2)C1. The fraction of sp³-hybridized carbons (Fsp3) is 1.00. The topological polar surface area (TPSA) is 3.24 Å². The number of thiol groups is 1. The maximum Gasteiger partial charge on any atom is 0.00966 e. The van der Waals surface area contributed by atoms with Crippen molar-refractivity contribution in [2.45, 2.75) is 44.6 Å². The summed E-state index contributed by atoms with van der Waals surface area (Å²) in [4.78, 5) is 2.76. The average Bonchev–Trinajstić information content (AvgIpc) is 2.87. The van der Waals surface area contributed by atoms with Gasteiger partial charge < -0.3 is 0 Å². The highest BCUT2D eigenvalue weighted by Crippen LogP contribution is 2.50. The molecule has 2 aliphatic carbocycles. The Kier molecular flexibility index (Phi) is 2.32. The van der Waals surface area contributed by atoms with E-state index in [1.807, 2.05) is 0 Å². The lowest BCUT2D eigenvalue weighted by molar-refractivity contribution is 0.250. The first-order valence-electron chi connectivity index (χ1n) is 6.16. The molecule has 0 aromatic heterocycles. The van der Waals surface area contributed by atoms with Crippen LogP contribution in [0.15, 0.2) is 0 Å². The second-order valence-electron chi connectivity index (χ2n) is 5.74. The average molecular weight is 211 g/mol. The molecule has 0 aromatic carbocycles. The van der Waals surface area contributed by atoms with Crippen LogP contribution >= 0.6 is 12.6 Å². The summed E-state index contributed by atoms with van der Waals surface area (Å²) in [5.74, 6) is 2.04. The molecule has 0 aromatic rings. The van der Waals surface area contributed by atoms with Crippen LogP contribution in [-0.2, 0) is 0 Å². The van der Waals surface area contributed by atoms with Gasteiger partial charge >= 0.3 is 0 Å². The van der Waals surface area contributed by atoms with E-state index < -0.39 is 0 Å². The molecule has 3 rings (SSSR count). The first kappa shape index (κ1) is 9.53. The lowest BCUT2D eigenvalue weighted by atomic mass is 9.85. The normalized spacial score (nSPS) is 43.9. The van der Waals surface area contributed by atoms with Gasteiger partial charge in [-0.05, 0) is 62.2 Å². The summed E-state index contributed by atoms with van der Waals surface area (Å²) in [7, 11) is 0. The molecular formula is C12H21NS. The second-order valence-corrected chi connectivity index (χ2v) is 6.11. The van der Waals surface area contributed by atoms with E-state index in [0.717, 1.165) is 23.1 Å². The van der Waals surface area contributed by atoms with E-state index >= 15 is 0 Å². The van der Waals surface area contributed by atoms with Crippen LogP contribution in [0.1, 0.15) is 38.5 Å². The summed E-state index contributed by atoms with van der Waals surface area (Å²) >= 11 is 4.45. The van der Waals surface area contributed by atoms with Gasteiger partial charge in [0.1, 0.15) is 0 Å². The van der Waals surface area contributed by atoms with Crippen molar-refractivity contribution in [3.05, 3.63) is 0 Å². The van der Waals surface area contributed by atoms with E-state index in [4.69, 9.17) is 0 Å². The monoisotopic (exact) mass is 211 g/mol. The Morgan fingerprint density at radius 1 is 1.21 bits per heavy atom. The molecule has 2 atom stereocenters. The van der Waals surface area contributed by atoms with Crippen molar-refractivity contribution < 1.29 is 0 Å². The molecule has 1 aliphatic heterocycles. The van der Waals surface area contributed by atoms with Crippen LogP contribution in [0, 0.1) is 11.3 Å². The maximum absolute atomic E-state index is 4.45. The Balaban J connectivity index is 1.63. The largest absolute Gasteiger partial charge is 0.300 e. The molecule has 0 N–H and O–H groups in total. The molecule has 3 fully saturated rings. The molecule has 2 saturated carbocycles. The van der Waals surface area contributed by atoms with E-state index in [1.54, 1.807) is 0 Å². The molecule has 14 heavy (non-hydrogen) atoms. The molecule has 3 aliphatic rings. The summed E-state index contributed by atoms with van der Waals surface area (Å²) in [6.07, 6.45) is 8.84. The van der Waals surface area contributed by atoms with Crippen molar-refractivity contribution in [2.75, 3.05) is 18.8 Å². The molecule has 80 valence electrons. The third-order valence-corrected chi connectivity index (χ3v) is 5.11. The van der Waals surface area contributed by atoms with Crippen LogP contribution in [-0.4, -0.2) is 29.8 Å². The molecule has 0 radical (unpaired) electrons. The zero-order valence-corrected chi connectivity index (χ0v) is 9.81. The summed E-state index contributed by atoms with van der Waals surface area (Å²) in [6, 6.07) is 0.990. The van der Waals surface area contributed by atoms with Crippen molar-refractivity contribution in [1.82, 2.24) is 4.90 Å². The van der Waals surface area contributed by atoms with Crippen LogP contribution in [0.5, 0.6) is 0 Å². The number of nitrogens with zero attached hydrogens (tertiary/aromatic N) is 1. The van der Waals surface area contributed by atoms with Gasteiger partial charge in [0.2, 0.25) is 0 Å². The molecule has 0 unspecified atom stereocenters. The Bertz CT molecular complexity index is 226. The molecule has 1 spiro atoms. The van der Waals surface area contributed by atoms with E-state index in [9.17, 15) is 0 Å². The maximum atomic E-state index is 4.45. The van der Waals surface area contributed by atoms with Crippen LogP contribution < -0.4 is 0 Å². The minimum atomic E-state index is 0.732. The third-order valence-electron chi connectivity index (χ3n) is 4.59. The van der Waals surface area contributed by atoms with Crippen molar-refractivity contribution in [3.63, 3.8) is 0 Å². The fourth-order valence-corrected chi connectivity index (χ4v) is 3.89. The van der Waals surface area contributed by atoms with Gasteiger partial charge in [0.05, 0.1) is 0 Å². The van der Waals surface area contributed by atoms with Gasteiger partial charge in [0.15, 0.2) is 0 Å². The Labute approximate surface area is 92.7 Å². The van der Waals surface area contributed by atoms with Gasteiger partial charge in [-0.25, -0.2) is 0 Å². The van der Waals surface area contributed by atoms with E-state index in [0.29, 0.717) is 0 Å². The number of likely N-dealkylation sites (tertiary alicyclic amines) is 1. The van der Waals surface area contributed by atoms with Gasteiger partial charge in [0, 0.05) is 12.6 Å². The molecule has 2 heteroatoms. The predicted octanol–water partition coefficient (Wildman–Crippen LogP) is 2.57. The first-order valence-corrected chi connectivity index (χ1v) is 6.79. The molecule has 1 nitrogen and oxygen atoms in total. The molecule has 0 bridgehead atoms. The molecule has 1 heterocycles. The van der Waals surface area contributed by atoms with Gasteiger partial charge in [-0.15, -0.1) is 0 Å². The summed E-state index contributed by atoms with van der Waals surface area (Å²) in [5.41, 5.74) is 0.732.